The lowest BCUT2D eigenvalue weighted by atomic mass is 10.0. The highest BCUT2D eigenvalue weighted by molar-refractivity contribution is 6.03. The number of ether oxygens (including phenoxy) is 2. The average molecular weight is 376 g/mol. The zero-order valence-electron chi connectivity index (χ0n) is 16.3. The van der Waals surface area contributed by atoms with Gasteiger partial charge in [-0.05, 0) is 45.5 Å². The molecule has 0 bridgehead atoms. The monoisotopic (exact) mass is 376 g/mol. The topological polar surface area (TPSA) is 71.6 Å². The minimum Gasteiger partial charge on any atom is -0.489 e. The highest BCUT2D eigenvalue weighted by Gasteiger charge is 2.27. The van der Waals surface area contributed by atoms with E-state index >= 15 is 0 Å². The smallest absolute Gasteiger partial charge is 0.339 e. The molecule has 0 saturated carbocycles. The number of nitrogens with one attached hydrogen (secondary N) is 1. The Hall–Kier alpha value is -2.67. The minimum absolute atomic E-state index is 0.140. The molecule has 146 valence electrons. The summed E-state index contributed by atoms with van der Waals surface area (Å²) < 4.78 is 23.8. The highest BCUT2D eigenvalue weighted by atomic mass is 19.1. The number of aromatic amines is 1. The molecule has 6 nitrogen and oxygen atoms in total. The van der Waals surface area contributed by atoms with Gasteiger partial charge in [0.25, 0.3) is 0 Å². The van der Waals surface area contributed by atoms with Crippen LogP contribution in [0, 0.1) is 19.7 Å². The van der Waals surface area contributed by atoms with Crippen molar-refractivity contribution in [1.82, 2.24) is 9.88 Å². The Balaban J connectivity index is 2.02. The summed E-state index contributed by atoms with van der Waals surface area (Å²) in [5, 5.41) is 0. The van der Waals surface area contributed by atoms with Crippen LogP contribution in [0.5, 0.6) is 5.75 Å². The number of likely N-dealkylation sites (N-methyl/N-ethyl adjacent to an activating group) is 1. The van der Waals surface area contributed by atoms with Gasteiger partial charge < -0.3 is 14.5 Å². The van der Waals surface area contributed by atoms with Crippen LogP contribution in [0.15, 0.2) is 24.3 Å². The first-order valence-corrected chi connectivity index (χ1v) is 8.67. The molecule has 1 atom stereocenters. The fraction of sp³-hybridized carbons (Fsp3) is 0.400. The van der Waals surface area contributed by atoms with E-state index in [0.717, 1.165) is 0 Å². The number of hydrogen-bond donors (Lipinski definition) is 1. The summed E-state index contributed by atoms with van der Waals surface area (Å²) in [5.74, 6) is -0.848. The third kappa shape index (κ3) is 4.54. The molecule has 0 aliphatic heterocycles. The molecule has 7 heteroatoms. The predicted molar refractivity (Wildman–Crippen MR) is 99.9 cm³/mol. The molecule has 2 aromatic rings. The maximum Gasteiger partial charge on any atom is 0.339 e. The first-order valence-electron chi connectivity index (χ1n) is 8.67. The molecule has 0 fully saturated rings. The van der Waals surface area contributed by atoms with Gasteiger partial charge in [-0.15, -0.1) is 0 Å². The Kier molecular flexibility index (Phi) is 6.74. The van der Waals surface area contributed by atoms with Gasteiger partial charge in [-0.25, -0.2) is 9.18 Å². The van der Waals surface area contributed by atoms with E-state index in [1.54, 1.807) is 46.0 Å². The van der Waals surface area contributed by atoms with Crippen LogP contribution in [0.25, 0.3) is 0 Å². The molecule has 1 N–H and O–H groups in total. The normalized spacial score (nSPS) is 12.1. The first-order chi connectivity index (χ1) is 12.8. The van der Waals surface area contributed by atoms with E-state index in [4.69, 9.17) is 9.47 Å². The molecule has 0 saturated heterocycles. The number of aryl methyl sites for hydroxylation is 1. The Labute approximate surface area is 158 Å². The molecule has 0 spiro atoms. The van der Waals surface area contributed by atoms with Gasteiger partial charge in [0.15, 0.2) is 17.3 Å². The number of rotatable bonds is 8. The number of aromatic nitrogens is 1. The van der Waals surface area contributed by atoms with Crippen LogP contribution in [0.2, 0.25) is 0 Å². The van der Waals surface area contributed by atoms with E-state index in [1.165, 1.54) is 13.2 Å². The highest BCUT2D eigenvalue weighted by Crippen LogP contribution is 2.21. The number of H-pyrrole nitrogens is 1. The van der Waals surface area contributed by atoms with Crippen molar-refractivity contribution >= 4 is 11.8 Å². The van der Waals surface area contributed by atoms with Crippen molar-refractivity contribution in [3.05, 3.63) is 52.6 Å². The van der Waals surface area contributed by atoms with E-state index in [9.17, 15) is 14.0 Å². The second-order valence-corrected chi connectivity index (χ2v) is 6.42. The zero-order chi connectivity index (χ0) is 20.1. The number of para-hydroxylation sites is 1. The van der Waals surface area contributed by atoms with Crippen molar-refractivity contribution in [2.24, 2.45) is 0 Å². The van der Waals surface area contributed by atoms with Gasteiger partial charge in [0.1, 0.15) is 6.61 Å². The van der Waals surface area contributed by atoms with E-state index in [1.807, 2.05) is 4.90 Å². The number of carbonyl (C=O) groups is 2. The second-order valence-electron chi connectivity index (χ2n) is 6.42. The number of benzene rings is 1. The fourth-order valence-electron chi connectivity index (χ4n) is 2.87. The quantitative estimate of drug-likeness (QED) is 0.566. The maximum atomic E-state index is 13.6. The lowest BCUT2D eigenvalue weighted by Gasteiger charge is -2.23. The van der Waals surface area contributed by atoms with Crippen LogP contribution in [0.1, 0.15) is 39.0 Å². The van der Waals surface area contributed by atoms with Crippen molar-refractivity contribution in [1.29, 1.82) is 0 Å². The van der Waals surface area contributed by atoms with Gasteiger partial charge in [0.2, 0.25) is 0 Å². The van der Waals surface area contributed by atoms with Gasteiger partial charge in [0, 0.05) is 12.2 Å². The number of methoxy groups -OCH3 is 1. The number of ketones is 1. The molecular formula is C20H25FN2O4. The number of Topliss-reactive ketones (excluding diaryl/α,β-unsaturated/α-hetero) is 1. The fourth-order valence-corrected chi connectivity index (χ4v) is 2.87. The van der Waals surface area contributed by atoms with E-state index in [0.29, 0.717) is 29.1 Å². The molecule has 0 aliphatic carbocycles. The number of esters is 1. The Morgan fingerprint density at radius 2 is 1.93 bits per heavy atom. The Morgan fingerprint density at radius 1 is 1.26 bits per heavy atom. The molecule has 0 amide bonds. The maximum absolute atomic E-state index is 13.6. The number of carbonyl (C=O) groups excluding carboxylic acids is 2. The standard InChI is InChI=1S/C20H25FN2O4/c1-12-17(20(25)26-5)13(2)22-18(12)19(24)14(3)23(4)10-11-27-16-9-7-6-8-15(16)21/h6-9,14,22H,10-11H2,1-5H3. The van der Waals surface area contributed by atoms with Crippen LogP contribution in [0.4, 0.5) is 4.39 Å². The number of nitrogens with zero attached hydrogens (tertiary/aromatic N) is 1. The van der Waals surface area contributed by atoms with Crippen LogP contribution in [-0.2, 0) is 4.74 Å². The largest absolute Gasteiger partial charge is 0.489 e. The molecule has 1 unspecified atom stereocenters. The van der Waals surface area contributed by atoms with Crippen molar-refractivity contribution < 1.29 is 23.5 Å². The lowest BCUT2D eigenvalue weighted by molar-refractivity contribution is 0.0599. The number of halogens is 1. The molecule has 1 aromatic heterocycles. The number of hydrogen-bond acceptors (Lipinski definition) is 5. The SMILES string of the molecule is COC(=O)c1c(C)[nH]c(C(=O)C(C)N(C)CCOc2ccccc2F)c1C. The van der Waals surface area contributed by atoms with Crippen molar-refractivity contribution in [3.8, 4) is 5.75 Å². The molecule has 1 aromatic carbocycles. The molecule has 0 aliphatic rings. The van der Waals surface area contributed by atoms with E-state index in [2.05, 4.69) is 4.98 Å². The summed E-state index contributed by atoms with van der Waals surface area (Å²) >= 11 is 0. The van der Waals surface area contributed by atoms with Gasteiger partial charge >= 0.3 is 5.97 Å². The van der Waals surface area contributed by atoms with Gasteiger partial charge in [0.05, 0.1) is 24.4 Å². The van der Waals surface area contributed by atoms with Gasteiger partial charge in [-0.1, -0.05) is 12.1 Å². The average Bonchev–Trinajstić information content (AvgIpc) is 2.95. The third-order valence-corrected chi connectivity index (χ3v) is 4.65. The van der Waals surface area contributed by atoms with Gasteiger partial charge in [-0.3, -0.25) is 9.69 Å². The van der Waals surface area contributed by atoms with Crippen LogP contribution in [0.3, 0.4) is 0 Å². The van der Waals surface area contributed by atoms with E-state index < -0.39 is 17.8 Å². The first kappa shape index (κ1) is 20.6. The van der Waals surface area contributed by atoms with Crippen LogP contribution >= 0.6 is 0 Å². The van der Waals surface area contributed by atoms with Crippen molar-refractivity contribution in [2.75, 3.05) is 27.3 Å². The molecule has 1 heterocycles. The molecule has 2 rings (SSSR count). The summed E-state index contributed by atoms with van der Waals surface area (Å²) in [6, 6.07) is 5.74. The summed E-state index contributed by atoms with van der Waals surface area (Å²) in [5.41, 5.74) is 1.95. The van der Waals surface area contributed by atoms with Crippen molar-refractivity contribution in [2.45, 2.75) is 26.8 Å². The Morgan fingerprint density at radius 3 is 2.56 bits per heavy atom. The zero-order valence-corrected chi connectivity index (χ0v) is 16.3. The van der Waals surface area contributed by atoms with Gasteiger partial charge in [-0.2, -0.15) is 0 Å². The second kappa shape index (κ2) is 8.81. The minimum atomic E-state index is -0.473. The molecular weight excluding hydrogens is 351 g/mol. The van der Waals surface area contributed by atoms with Crippen LogP contribution in [-0.4, -0.2) is 55.0 Å². The summed E-state index contributed by atoms with van der Waals surface area (Å²) in [4.78, 5) is 29.5. The third-order valence-electron chi connectivity index (χ3n) is 4.65. The summed E-state index contributed by atoms with van der Waals surface area (Å²) in [6.45, 7) is 5.90. The summed E-state index contributed by atoms with van der Waals surface area (Å²) in [6.07, 6.45) is 0. The molecule has 0 radical (unpaired) electrons. The van der Waals surface area contributed by atoms with Crippen molar-refractivity contribution in [3.63, 3.8) is 0 Å². The Bertz CT molecular complexity index is 831. The predicted octanol–water partition coefficient (Wildman–Crippen LogP) is 3.14. The summed E-state index contributed by atoms with van der Waals surface area (Å²) in [7, 11) is 3.10. The van der Waals surface area contributed by atoms with E-state index in [-0.39, 0.29) is 18.1 Å². The lowest BCUT2D eigenvalue weighted by Crippen LogP contribution is -2.39. The molecule has 27 heavy (non-hydrogen) atoms. The van der Waals surface area contributed by atoms with Crippen LogP contribution < -0.4 is 4.74 Å².